The molecule has 0 aliphatic heterocycles. The lowest BCUT2D eigenvalue weighted by atomic mass is 10.1. The number of rotatable bonds is 5. The number of nitrogens with one attached hydrogen (secondary N) is 1. The number of carbonyl (C=O) groups excluding carboxylic acids is 1. The summed E-state index contributed by atoms with van der Waals surface area (Å²) in [6.45, 7) is 1.34. The fourth-order valence-electron chi connectivity index (χ4n) is 1.76. The lowest BCUT2D eigenvalue weighted by Gasteiger charge is -2.15. The average Bonchev–Trinajstić information content (AvgIpc) is 2.25. The molecule has 1 atom stereocenters. The SMILES string of the molecule is CC(CC(F)(F)F)NC(=O)CCc1ccccc1N. The van der Waals surface area contributed by atoms with Crippen LogP contribution in [0, 0.1) is 0 Å². The van der Waals surface area contributed by atoms with E-state index in [4.69, 9.17) is 5.73 Å². The van der Waals surface area contributed by atoms with Crippen LogP contribution in [0.3, 0.4) is 0 Å². The van der Waals surface area contributed by atoms with E-state index < -0.39 is 24.5 Å². The highest BCUT2D eigenvalue weighted by atomic mass is 19.4. The first-order chi connectivity index (χ1) is 8.78. The quantitative estimate of drug-likeness (QED) is 0.811. The van der Waals surface area contributed by atoms with Gasteiger partial charge in [0.25, 0.3) is 0 Å². The Morgan fingerprint density at radius 1 is 1.37 bits per heavy atom. The minimum Gasteiger partial charge on any atom is -0.399 e. The number of carbonyl (C=O) groups is 1. The van der Waals surface area contributed by atoms with Gasteiger partial charge < -0.3 is 11.1 Å². The average molecular weight is 274 g/mol. The number of amides is 1. The highest BCUT2D eigenvalue weighted by Crippen LogP contribution is 2.21. The largest absolute Gasteiger partial charge is 0.399 e. The zero-order chi connectivity index (χ0) is 14.5. The highest BCUT2D eigenvalue weighted by molar-refractivity contribution is 5.76. The summed E-state index contributed by atoms with van der Waals surface area (Å²) < 4.78 is 36.3. The Kier molecular flexibility index (Phi) is 5.20. The highest BCUT2D eigenvalue weighted by Gasteiger charge is 2.30. The first-order valence-electron chi connectivity index (χ1n) is 5.97. The maximum atomic E-state index is 12.1. The van der Waals surface area contributed by atoms with Crippen molar-refractivity contribution in [3.05, 3.63) is 29.8 Å². The molecule has 0 fully saturated rings. The summed E-state index contributed by atoms with van der Waals surface area (Å²) in [5.41, 5.74) is 7.11. The zero-order valence-electron chi connectivity index (χ0n) is 10.6. The smallest absolute Gasteiger partial charge is 0.391 e. The molecule has 3 nitrogen and oxygen atoms in total. The van der Waals surface area contributed by atoms with E-state index in [-0.39, 0.29) is 6.42 Å². The van der Waals surface area contributed by atoms with Gasteiger partial charge in [-0.1, -0.05) is 18.2 Å². The second-order valence-corrected chi connectivity index (χ2v) is 4.49. The molecular formula is C13H17F3N2O. The van der Waals surface area contributed by atoms with E-state index in [1.54, 1.807) is 24.3 Å². The first-order valence-corrected chi connectivity index (χ1v) is 5.97. The van der Waals surface area contributed by atoms with E-state index in [0.717, 1.165) is 5.56 Å². The molecule has 3 N–H and O–H groups in total. The fourth-order valence-corrected chi connectivity index (χ4v) is 1.76. The number of aryl methyl sites for hydroxylation is 1. The molecule has 0 aliphatic rings. The molecule has 1 amide bonds. The van der Waals surface area contributed by atoms with Crippen molar-refractivity contribution in [2.24, 2.45) is 0 Å². The zero-order valence-corrected chi connectivity index (χ0v) is 10.6. The number of hydrogen-bond donors (Lipinski definition) is 2. The maximum Gasteiger partial charge on any atom is 0.391 e. The number of hydrogen-bond acceptors (Lipinski definition) is 2. The maximum absolute atomic E-state index is 12.1. The van der Waals surface area contributed by atoms with Crippen LogP contribution >= 0.6 is 0 Å². The van der Waals surface area contributed by atoms with Crippen molar-refractivity contribution >= 4 is 11.6 Å². The summed E-state index contributed by atoms with van der Waals surface area (Å²) in [4.78, 5) is 11.5. The van der Waals surface area contributed by atoms with Crippen LogP contribution in [-0.4, -0.2) is 18.1 Å². The number of nitrogens with two attached hydrogens (primary N) is 1. The normalized spacial score (nSPS) is 13.1. The number of para-hydroxylation sites is 1. The van der Waals surface area contributed by atoms with Crippen LogP contribution in [0.15, 0.2) is 24.3 Å². The number of alkyl halides is 3. The van der Waals surface area contributed by atoms with Crippen LogP contribution < -0.4 is 11.1 Å². The van der Waals surface area contributed by atoms with Crippen molar-refractivity contribution in [1.82, 2.24) is 5.32 Å². The Balaban J connectivity index is 2.38. The Labute approximate surface area is 110 Å². The van der Waals surface area contributed by atoms with Crippen LogP contribution in [0.1, 0.15) is 25.3 Å². The van der Waals surface area contributed by atoms with E-state index >= 15 is 0 Å². The lowest BCUT2D eigenvalue weighted by molar-refractivity contribution is -0.141. The van der Waals surface area contributed by atoms with Crippen LogP contribution in [-0.2, 0) is 11.2 Å². The van der Waals surface area contributed by atoms with Gasteiger partial charge in [0.2, 0.25) is 5.91 Å². The molecule has 0 radical (unpaired) electrons. The van der Waals surface area contributed by atoms with E-state index in [9.17, 15) is 18.0 Å². The molecule has 106 valence electrons. The number of halogens is 3. The number of anilines is 1. The van der Waals surface area contributed by atoms with Crippen LogP contribution in [0.25, 0.3) is 0 Å². The summed E-state index contributed by atoms with van der Waals surface area (Å²) in [7, 11) is 0. The van der Waals surface area contributed by atoms with Crippen molar-refractivity contribution in [1.29, 1.82) is 0 Å². The molecule has 6 heteroatoms. The molecule has 0 bridgehead atoms. The molecule has 1 aromatic carbocycles. The van der Waals surface area contributed by atoms with Crippen molar-refractivity contribution in [3.63, 3.8) is 0 Å². The predicted molar refractivity (Wildman–Crippen MR) is 67.5 cm³/mol. The van der Waals surface area contributed by atoms with Crippen molar-refractivity contribution in [2.45, 2.75) is 38.4 Å². The standard InChI is InChI=1S/C13H17F3N2O/c1-9(8-13(14,15)16)18-12(19)7-6-10-4-2-3-5-11(10)17/h2-5,9H,6-8,17H2,1H3,(H,18,19). The number of nitrogen functional groups attached to an aromatic ring is 1. The van der Waals surface area contributed by atoms with Gasteiger partial charge in [0.15, 0.2) is 0 Å². The summed E-state index contributed by atoms with van der Waals surface area (Å²) in [6, 6.07) is 6.18. The lowest BCUT2D eigenvalue weighted by Crippen LogP contribution is -2.36. The van der Waals surface area contributed by atoms with Gasteiger partial charge in [-0.25, -0.2) is 0 Å². The van der Waals surface area contributed by atoms with E-state index in [1.807, 2.05) is 0 Å². The van der Waals surface area contributed by atoms with Crippen LogP contribution in [0.5, 0.6) is 0 Å². The summed E-state index contributed by atoms with van der Waals surface area (Å²) >= 11 is 0. The molecule has 0 saturated heterocycles. The van der Waals surface area contributed by atoms with Gasteiger partial charge in [0, 0.05) is 18.2 Å². The third kappa shape index (κ3) is 6.13. The van der Waals surface area contributed by atoms with Gasteiger partial charge >= 0.3 is 6.18 Å². The van der Waals surface area contributed by atoms with Gasteiger partial charge in [-0.3, -0.25) is 4.79 Å². The monoisotopic (exact) mass is 274 g/mol. The summed E-state index contributed by atoms with van der Waals surface area (Å²) in [5.74, 6) is -0.403. The van der Waals surface area contributed by atoms with Gasteiger partial charge in [0.05, 0.1) is 6.42 Å². The molecule has 19 heavy (non-hydrogen) atoms. The minimum atomic E-state index is -4.27. The van der Waals surface area contributed by atoms with Crippen molar-refractivity contribution in [2.75, 3.05) is 5.73 Å². The van der Waals surface area contributed by atoms with E-state index in [1.165, 1.54) is 6.92 Å². The second kappa shape index (κ2) is 6.45. The minimum absolute atomic E-state index is 0.121. The Hall–Kier alpha value is -1.72. The van der Waals surface area contributed by atoms with E-state index in [0.29, 0.717) is 12.1 Å². The Morgan fingerprint density at radius 3 is 2.58 bits per heavy atom. The Bertz CT molecular complexity index is 432. The van der Waals surface area contributed by atoms with Gasteiger partial charge in [-0.2, -0.15) is 13.2 Å². The fraction of sp³-hybridized carbons (Fsp3) is 0.462. The van der Waals surface area contributed by atoms with Gasteiger partial charge in [-0.05, 0) is 25.0 Å². The molecule has 1 rings (SSSR count). The molecule has 1 unspecified atom stereocenters. The molecule has 0 heterocycles. The Morgan fingerprint density at radius 2 is 2.00 bits per heavy atom. The third-order valence-electron chi connectivity index (χ3n) is 2.62. The van der Waals surface area contributed by atoms with Crippen LogP contribution in [0.4, 0.5) is 18.9 Å². The molecular weight excluding hydrogens is 257 g/mol. The summed E-state index contributed by atoms with van der Waals surface area (Å²) in [5, 5.41) is 2.33. The molecule has 0 saturated carbocycles. The van der Waals surface area contributed by atoms with Crippen molar-refractivity contribution < 1.29 is 18.0 Å². The van der Waals surface area contributed by atoms with E-state index in [2.05, 4.69) is 5.32 Å². The second-order valence-electron chi connectivity index (χ2n) is 4.49. The number of benzene rings is 1. The van der Waals surface area contributed by atoms with Gasteiger partial charge in [-0.15, -0.1) is 0 Å². The summed E-state index contributed by atoms with van der Waals surface area (Å²) in [6.07, 6.45) is -4.75. The van der Waals surface area contributed by atoms with Gasteiger partial charge in [0.1, 0.15) is 0 Å². The topological polar surface area (TPSA) is 55.1 Å². The molecule has 0 aliphatic carbocycles. The molecule has 1 aromatic rings. The molecule has 0 spiro atoms. The third-order valence-corrected chi connectivity index (χ3v) is 2.62. The van der Waals surface area contributed by atoms with Crippen LogP contribution in [0.2, 0.25) is 0 Å². The van der Waals surface area contributed by atoms with Crippen molar-refractivity contribution in [3.8, 4) is 0 Å². The first kappa shape index (κ1) is 15.3. The molecule has 0 aromatic heterocycles. The predicted octanol–water partition coefficient (Wildman–Crippen LogP) is 2.66.